The molecule has 5 nitrogen and oxygen atoms in total. The van der Waals surface area contributed by atoms with E-state index in [0.717, 1.165) is 24.1 Å². The van der Waals surface area contributed by atoms with Gasteiger partial charge in [0.05, 0.1) is 23.4 Å². The average Bonchev–Trinajstić information content (AvgIpc) is 2.71. The zero-order chi connectivity index (χ0) is 20.0. The van der Waals surface area contributed by atoms with Gasteiger partial charge in [0, 0.05) is 24.3 Å². The highest BCUT2D eigenvalue weighted by Gasteiger charge is 2.43. The summed E-state index contributed by atoms with van der Waals surface area (Å²) in [6, 6.07) is 11.2. The fourth-order valence-electron chi connectivity index (χ4n) is 3.50. The Hall–Kier alpha value is -2.11. The zero-order valence-electron chi connectivity index (χ0n) is 16.5. The number of halogens is 1. The first kappa shape index (κ1) is 20.6. The molecule has 6 heteroatoms. The monoisotopic (exact) mass is 402 g/mol. The standard InChI is InChI=1S/C22H27ClN2O3/c1-3-4-13-28-20-10-9-19(16(2)24-20)25-21(26)22(11-14-27-15-12-22)17-7-5-6-8-18(17)23/h5-10H,3-4,11-15H2,1-2H3,(H,25,26). The number of aryl methyl sites for hydroxylation is 1. The summed E-state index contributed by atoms with van der Waals surface area (Å²) in [6.07, 6.45) is 3.24. The van der Waals surface area contributed by atoms with E-state index in [1.807, 2.05) is 37.3 Å². The first-order chi connectivity index (χ1) is 13.6. The summed E-state index contributed by atoms with van der Waals surface area (Å²) in [6.45, 7) is 5.69. The van der Waals surface area contributed by atoms with Gasteiger partial charge in [0.2, 0.25) is 11.8 Å². The minimum absolute atomic E-state index is 0.0755. The van der Waals surface area contributed by atoms with Crippen LogP contribution in [0.1, 0.15) is 43.9 Å². The summed E-state index contributed by atoms with van der Waals surface area (Å²) in [7, 11) is 0. The number of rotatable bonds is 7. The molecule has 0 saturated carbocycles. The molecule has 150 valence electrons. The van der Waals surface area contributed by atoms with Crippen molar-refractivity contribution >= 4 is 23.2 Å². The Bertz CT molecular complexity index is 819. The van der Waals surface area contributed by atoms with E-state index in [4.69, 9.17) is 21.1 Å². The zero-order valence-corrected chi connectivity index (χ0v) is 17.2. The normalized spacial score (nSPS) is 15.8. The molecule has 0 unspecified atom stereocenters. The number of aromatic nitrogens is 1. The summed E-state index contributed by atoms with van der Waals surface area (Å²) in [5.74, 6) is 0.504. The predicted molar refractivity (Wildman–Crippen MR) is 111 cm³/mol. The van der Waals surface area contributed by atoms with Crippen molar-refractivity contribution in [3.05, 3.63) is 52.7 Å². The molecule has 2 aromatic rings. The van der Waals surface area contributed by atoms with Crippen molar-refractivity contribution in [1.29, 1.82) is 0 Å². The van der Waals surface area contributed by atoms with Crippen LogP contribution in [0.25, 0.3) is 0 Å². The second-order valence-corrected chi connectivity index (χ2v) is 7.52. The molecule has 3 rings (SSSR count). The lowest BCUT2D eigenvalue weighted by Gasteiger charge is -2.36. The van der Waals surface area contributed by atoms with Gasteiger partial charge in [0.25, 0.3) is 0 Å². The molecule has 1 aliphatic rings. The van der Waals surface area contributed by atoms with E-state index in [-0.39, 0.29) is 5.91 Å². The van der Waals surface area contributed by atoms with E-state index in [0.29, 0.717) is 49.3 Å². The van der Waals surface area contributed by atoms with Crippen molar-refractivity contribution in [1.82, 2.24) is 4.98 Å². The highest BCUT2D eigenvalue weighted by atomic mass is 35.5. The smallest absolute Gasteiger partial charge is 0.235 e. The minimum Gasteiger partial charge on any atom is -0.478 e. The number of nitrogens with zero attached hydrogens (tertiary/aromatic N) is 1. The molecular formula is C22H27ClN2O3. The van der Waals surface area contributed by atoms with Gasteiger partial charge in [0.15, 0.2) is 0 Å². The van der Waals surface area contributed by atoms with Crippen LogP contribution >= 0.6 is 11.6 Å². The topological polar surface area (TPSA) is 60.5 Å². The largest absolute Gasteiger partial charge is 0.478 e. The molecule has 1 aromatic heterocycles. The van der Waals surface area contributed by atoms with Crippen LogP contribution in [0.2, 0.25) is 5.02 Å². The Kier molecular flexibility index (Phi) is 6.92. The van der Waals surface area contributed by atoms with Crippen LogP contribution in [0.3, 0.4) is 0 Å². The maximum absolute atomic E-state index is 13.4. The fourth-order valence-corrected chi connectivity index (χ4v) is 3.82. The van der Waals surface area contributed by atoms with E-state index < -0.39 is 5.41 Å². The number of amides is 1. The second-order valence-electron chi connectivity index (χ2n) is 7.11. The summed E-state index contributed by atoms with van der Waals surface area (Å²) in [4.78, 5) is 17.9. The number of carbonyl (C=O) groups excluding carboxylic acids is 1. The third-order valence-electron chi connectivity index (χ3n) is 5.23. The molecule has 1 N–H and O–H groups in total. The summed E-state index contributed by atoms with van der Waals surface area (Å²) in [5.41, 5.74) is 1.55. The maximum Gasteiger partial charge on any atom is 0.235 e. The highest BCUT2D eigenvalue weighted by Crippen LogP contribution is 2.39. The van der Waals surface area contributed by atoms with Crippen LogP contribution in [0.15, 0.2) is 36.4 Å². The van der Waals surface area contributed by atoms with E-state index in [9.17, 15) is 4.79 Å². The Balaban J connectivity index is 1.82. The number of anilines is 1. The Morgan fingerprint density at radius 3 is 2.68 bits per heavy atom. The summed E-state index contributed by atoms with van der Waals surface area (Å²) >= 11 is 6.46. The lowest BCUT2D eigenvalue weighted by atomic mass is 9.73. The molecule has 2 heterocycles. The van der Waals surface area contributed by atoms with Crippen molar-refractivity contribution in [2.75, 3.05) is 25.1 Å². The summed E-state index contributed by atoms with van der Waals surface area (Å²) in [5, 5.41) is 3.68. The third-order valence-corrected chi connectivity index (χ3v) is 5.56. The highest BCUT2D eigenvalue weighted by molar-refractivity contribution is 6.31. The van der Waals surface area contributed by atoms with Gasteiger partial charge >= 0.3 is 0 Å². The van der Waals surface area contributed by atoms with Gasteiger partial charge in [-0.2, -0.15) is 0 Å². The van der Waals surface area contributed by atoms with Gasteiger partial charge in [-0.3, -0.25) is 4.79 Å². The number of ether oxygens (including phenoxy) is 2. The lowest BCUT2D eigenvalue weighted by molar-refractivity contribution is -0.125. The SMILES string of the molecule is CCCCOc1ccc(NC(=O)C2(c3ccccc3Cl)CCOCC2)c(C)n1. The molecule has 0 spiro atoms. The lowest BCUT2D eigenvalue weighted by Crippen LogP contribution is -2.45. The predicted octanol–water partition coefficient (Wildman–Crippen LogP) is 4.91. The van der Waals surface area contributed by atoms with Gasteiger partial charge in [-0.15, -0.1) is 0 Å². The molecule has 1 saturated heterocycles. The van der Waals surface area contributed by atoms with Crippen molar-refractivity contribution in [2.45, 2.75) is 44.9 Å². The Labute approximate surface area is 171 Å². The van der Waals surface area contributed by atoms with Crippen molar-refractivity contribution in [2.24, 2.45) is 0 Å². The first-order valence-electron chi connectivity index (χ1n) is 9.81. The van der Waals surface area contributed by atoms with Crippen LogP contribution < -0.4 is 10.1 Å². The van der Waals surface area contributed by atoms with E-state index in [1.165, 1.54) is 0 Å². The molecule has 1 fully saturated rings. The van der Waals surface area contributed by atoms with Crippen LogP contribution in [0.5, 0.6) is 5.88 Å². The summed E-state index contributed by atoms with van der Waals surface area (Å²) < 4.78 is 11.2. The molecule has 0 atom stereocenters. The molecule has 0 aliphatic carbocycles. The quantitative estimate of drug-likeness (QED) is 0.668. The number of unbranched alkanes of at least 4 members (excludes halogenated alkanes) is 1. The molecule has 0 radical (unpaired) electrons. The Morgan fingerprint density at radius 2 is 2.00 bits per heavy atom. The van der Waals surface area contributed by atoms with Gasteiger partial charge in [-0.25, -0.2) is 4.98 Å². The van der Waals surface area contributed by atoms with Gasteiger partial charge < -0.3 is 14.8 Å². The Morgan fingerprint density at radius 1 is 1.25 bits per heavy atom. The van der Waals surface area contributed by atoms with Gasteiger partial charge in [-0.05, 0) is 43.9 Å². The third kappa shape index (κ3) is 4.47. The van der Waals surface area contributed by atoms with Crippen molar-refractivity contribution in [3.63, 3.8) is 0 Å². The maximum atomic E-state index is 13.4. The van der Waals surface area contributed by atoms with Crippen LogP contribution in [0.4, 0.5) is 5.69 Å². The van der Waals surface area contributed by atoms with E-state index in [1.54, 1.807) is 6.07 Å². The number of pyridine rings is 1. The van der Waals surface area contributed by atoms with Crippen molar-refractivity contribution < 1.29 is 14.3 Å². The number of nitrogens with one attached hydrogen (secondary N) is 1. The first-order valence-corrected chi connectivity index (χ1v) is 10.2. The van der Waals surface area contributed by atoms with E-state index in [2.05, 4.69) is 17.2 Å². The number of carbonyl (C=O) groups is 1. The number of hydrogen-bond acceptors (Lipinski definition) is 4. The molecule has 1 amide bonds. The molecule has 1 aliphatic heterocycles. The van der Waals surface area contributed by atoms with Crippen LogP contribution in [-0.4, -0.2) is 30.7 Å². The van der Waals surface area contributed by atoms with Crippen LogP contribution in [0, 0.1) is 6.92 Å². The van der Waals surface area contributed by atoms with Gasteiger partial charge in [-0.1, -0.05) is 43.1 Å². The van der Waals surface area contributed by atoms with E-state index >= 15 is 0 Å². The average molecular weight is 403 g/mol. The molecule has 0 bridgehead atoms. The number of benzene rings is 1. The minimum atomic E-state index is -0.709. The fraction of sp³-hybridized carbons (Fsp3) is 0.455. The number of hydrogen-bond donors (Lipinski definition) is 1. The second kappa shape index (κ2) is 9.39. The molecule has 28 heavy (non-hydrogen) atoms. The molecular weight excluding hydrogens is 376 g/mol. The van der Waals surface area contributed by atoms with Crippen molar-refractivity contribution in [3.8, 4) is 5.88 Å². The molecule has 1 aromatic carbocycles. The van der Waals surface area contributed by atoms with Gasteiger partial charge in [0.1, 0.15) is 0 Å². The van der Waals surface area contributed by atoms with Crippen LogP contribution in [-0.2, 0) is 14.9 Å².